The quantitative estimate of drug-likeness (QED) is 0.150. The molecule has 216 valence electrons. The molecule has 0 heterocycles. The fraction of sp³-hybridized carbons (Fsp3) is 0.229. The molecule has 0 fully saturated rings. The zero-order valence-electron chi connectivity index (χ0n) is 24.5. The van der Waals surface area contributed by atoms with Gasteiger partial charge in [-0.25, -0.2) is 5.43 Å². The molecule has 7 heteroatoms. The molecule has 0 spiro atoms. The van der Waals surface area contributed by atoms with Crippen LogP contribution in [0.3, 0.4) is 0 Å². The van der Waals surface area contributed by atoms with E-state index in [-0.39, 0.29) is 18.2 Å². The molecule has 2 N–H and O–H groups in total. The van der Waals surface area contributed by atoms with E-state index in [9.17, 15) is 9.59 Å². The fourth-order valence-corrected chi connectivity index (χ4v) is 4.76. The highest BCUT2D eigenvalue weighted by molar-refractivity contribution is 5.94. The maximum absolute atomic E-state index is 12.8. The van der Waals surface area contributed by atoms with Crippen LogP contribution in [-0.2, 0) is 11.4 Å². The molecular weight excluding hydrogens is 526 g/mol. The van der Waals surface area contributed by atoms with Crippen molar-refractivity contribution in [2.75, 3.05) is 6.61 Å². The first-order valence-electron chi connectivity index (χ1n) is 14.0. The number of rotatable bonds is 12. The third-order valence-electron chi connectivity index (χ3n) is 6.82. The van der Waals surface area contributed by atoms with E-state index >= 15 is 0 Å². The summed E-state index contributed by atoms with van der Waals surface area (Å²) in [4.78, 5) is 25.6. The number of carbonyl (C=O) groups is 2. The highest BCUT2D eigenvalue weighted by Crippen LogP contribution is 2.30. The summed E-state index contributed by atoms with van der Waals surface area (Å²) >= 11 is 0. The van der Waals surface area contributed by atoms with Crippen LogP contribution in [0.4, 0.5) is 0 Å². The SMILES string of the molecule is CCOc1cc(/C=N\NC(=O)C[C@@H](NC(=O)c2ccccc2)c2ccccc2)ccc1OCc1c(C)cc(C)cc1C. The predicted molar refractivity (Wildman–Crippen MR) is 166 cm³/mol. The summed E-state index contributed by atoms with van der Waals surface area (Å²) < 4.78 is 12.0. The summed E-state index contributed by atoms with van der Waals surface area (Å²) in [5, 5.41) is 7.12. The van der Waals surface area contributed by atoms with Gasteiger partial charge >= 0.3 is 0 Å². The number of ether oxygens (including phenoxy) is 2. The van der Waals surface area contributed by atoms with Crippen molar-refractivity contribution < 1.29 is 19.1 Å². The first-order valence-corrected chi connectivity index (χ1v) is 14.0. The number of hydrogen-bond acceptors (Lipinski definition) is 5. The lowest BCUT2D eigenvalue weighted by Gasteiger charge is -2.18. The summed E-state index contributed by atoms with van der Waals surface area (Å²) in [6.45, 7) is 9.10. The molecule has 0 aromatic heterocycles. The van der Waals surface area contributed by atoms with E-state index in [0.717, 1.165) is 16.7 Å². The molecule has 0 aliphatic heterocycles. The normalized spacial score (nSPS) is 11.6. The Balaban J connectivity index is 1.40. The van der Waals surface area contributed by atoms with Gasteiger partial charge in [-0.05, 0) is 85.8 Å². The van der Waals surface area contributed by atoms with Crippen LogP contribution in [0.5, 0.6) is 11.5 Å². The lowest BCUT2D eigenvalue weighted by Crippen LogP contribution is -2.32. The summed E-state index contributed by atoms with van der Waals surface area (Å²) in [5.74, 6) is 0.654. The molecule has 2 amide bonds. The van der Waals surface area contributed by atoms with Crippen molar-refractivity contribution in [3.8, 4) is 11.5 Å². The zero-order chi connectivity index (χ0) is 29.9. The molecule has 4 aromatic carbocycles. The van der Waals surface area contributed by atoms with Crippen molar-refractivity contribution in [3.63, 3.8) is 0 Å². The summed E-state index contributed by atoms with van der Waals surface area (Å²) in [5.41, 5.74) is 9.45. The Hall–Kier alpha value is -4.91. The van der Waals surface area contributed by atoms with E-state index in [0.29, 0.717) is 30.3 Å². The minimum Gasteiger partial charge on any atom is -0.490 e. The maximum Gasteiger partial charge on any atom is 0.251 e. The Labute approximate surface area is 247 Å². The van der Waals surface area contributed by atoms with Gasteiger partial charge in [-0.3, -0.25) is 9.59 Å². The molecule has 0 radical (unpaired) electrons. The number of hydrazone groups is 1. The van der Waals surface area contributed by atoms with E-state index in [1.165, 1.54) is 16.7 Å². The van der Waals surface area contributed by atoms with Crippen molar-refractivity contribution in [2.24, 2.45) is 5.10 Å². The van der Waals surface area contributed by atoms with Gasteiger partial charge in [0.05, 0.1) is 25.3 Å². The van der Waals surface area contributed by atoms with Gasteiger partial charge in [0.1, 0.15) is 6.61 Å². The minimum atomic E-state index is -0.518. The second-order valence-electron chi connectivity index (χ2n) is 10.1. The topological polar surface area (TPSA) is 89.0 Å². The van der Waals surface area contributed by atoms with E-state index in [4.69, 9.17) is 9.47 Å². The van der Waals surface area contributed by atoms with E-state index < -0.39 is 6.04 Å². The fourth-order valence-electron chi connectivity index (χ4n) is 4.76. The van der Waals surface area contributed by atoms with Crippen LogP contribution in [-0.4, -0.2) is 24.6 Å². The number of benzene rings is 4. The third-order valence-corrected chi connectivity index (χ3v) is 6.82. The Morgan fingerprint density at radius 2 is 1.50 bits per heavy atom. The van der Waals surface area contributed by atoms with Crippen LogP contribution >= 0.6 is 0 Å². The molecule has 0 aliphatic rings. The van der Waals surface area contributed by atoms with Gasteiger partial charge in [0, 0.05) is 5.56 Å². The number of amides is 2. The zero-order valence-corrected chi connectivity index (χ0v) is 24.5. The standard InChI is InChI=1S/C35H37N3O4/c1-5-41-33-20-27(16-17-32(33)42-23-30-25(3)18-24(2)19-26(30)4)22-36-38-34(39)21-31(28-12-8-6-9-13-28)37-35(40)29-14-10-7-11-15-29/h6-20,22,31H,5,21,23H2,1-4H3,(H,37,40)(H,38,39)/b36-22-/t31-/m1/s1. The Morgan fingerprint density at radius 1 is 0.833 bits per heavy atom. The Kier molecular flexibility index (Phi) is 10.5. The van der Waals surface area contributed by atoms with Gasteiger partial charge in [-0.15, -0.1) is 0 Å². The average molecular weight is 564 g/mol. The minimum absolute atomic E-state index is 0.0226. The number of aryl methyl sites for hydroxylation is 3. The Morgan fingerprint density at radius 3 is 2.17 bits per heavy atom. The van der Waals surface area contributed by atoms with Crippen LogP contribution in [0.15, 0.2) is 96.1 Å². The molecule has 0 saturated carbocycles. The van der Waals surface area contributed by atoms with Gasteiger partial charge in [-0.2, -0.15) is 5.10 Å². The molecule has 0 saturated heterocycles. The number of nitrogens with zero attached hydrogens (tertiary/aromatic N) is 1. The third kappa shape index (κ3) is 8.30. The smallest absolute Gasteiger partial charge is 0.251 e. The Bertz CT molecular complexity index is 1510. The van der Waals surface area contributed by atoms with Crippen LogP contribution in [0.2, 0.25) is 0 Å². The summed E-state index contributed by atoms with van der Waals surface area (Å²) in [6.07, 6.45) is 1.58. The van der Waals surface area contributed by atoms with Gasteiger partial charge in [0.25, 0.3) is 5.91 Å². The highest BCUT2D eigenvalue weighted by atomic mass is 16.5. The molecule has 4 aromatic rings. The van der Waals surface area contributed by atoms with Crippen molar-refractivity contribution in [1.29, 1.82) is 0 Å². The number of carbonyl (C=O) groups excluding carboxylic acids is 2. The maximum atomic E-state index is 12.8. The van der Waals surface area contributed by atoms with Crippen molar-refractivity contribution in [1.82, 2.24) is 10.7 Å². The monoisotopic (exact) mass is 563 g/mol. The molecule has 1 atom stereocenters. The average Bonchev–Trinajstić information content (AvgIpc) is 2.98. The van der Waals surface area contributed by atoms with Crippen LogP contribution in [0.25, 0.3) is 0 Å². The van der Waals surface area contributed by atoms with E-state index in [2.05, 4.69) is 48.7 Å². The van der Waals surface area contributed by atoms with Crippen LogP contribution < -0.4 is 20.2 Å². The predicted octanol–water partition coefficient (Wildman–Crippen LogP) is 6.60. The lowest BCUT2D eigenvalue weighted by molar-refractivity contribution is -0.121. The molecule has 0 aliphatic carbocycles. The van der Waals surface area contributed by atoms with Gasteiger partial charge in [0.15, 0.2) is 11.5 Å². The summed E-state index contributed by atoms with van der Waals surface area (Å²) in [7, 11) is 0. The van der Waals surface area contributed by atoms with Crippen LogP contribution in [0, 0.1) is 20.8 Å². The molecular formula is C35H37N3O4. The van der Waals surface area contributed by atoms with Gasteiger partial charge in [0.2, 0.25) is 5.91 Å². The lowest BCUT2D eigenvalue weighted by atomic mass is 10.0. The van der Waals surface area contributed by atoms with E-state index in [1.54, 1.807) is 30.5 Å². The molecule has 42 heavy (non-hydrogen) atoms. The van der Waals surface area contributed by atoms with Crippen molar-refractivity contribution in [2.45, 2.75) is 46.8 Å². The van der Waals surface area contributed by atoms with E-state index in [1.807, 2.05) is 61.5 Å². The molecule has 4 rings (SSSR count). The molecule has 7 nitrogen and oxygen atoms in total. The van der Waals surface area contributed by atoms with Gasteiger partial charge < -0.3 is 14.8 Å². The molecule has 0 unspecified atom stereocenters. The highest BCUT2D eigenvalue weighted by Gasteiger charge is 2.19. The number of hydrogen-bond donors (Lipinski definition) is 2. The first-order chi connectivity index (χ1) is 20.3. The largest absolute Gasteiger partial charge is 0.490 e. The van der Waals surface area contributed by atoms with Crippen LogP contribution in [0.1, 0.15) is 63.1 Å². The molecule has 0 bridgehead atoms. The van der Waals surface area contributed by atoms with Gasteiger partial charge in [-0.1, -0.05) is 66.2 Å². The second-order valence-corrected chi connectivity index (χ2v) is 10.1. The van der Waals surface area contributed by atoms with Crippen molar-refractivity contribution >= 4 is 18.0 Å². The first kappa shape index (κ1) is 30.1. The van der Waals surface area contributed by atoms with Crippen molar-refractivity contribution in [3.05, 3.63) is 130 Å². The number of nitrogens with one attached hydrogen (secondary N) is 2. The summed E-state index contributed by atoms with van der Waals surface area (Å²) in [6, 6.07) is 27.6. The second kappa shape index (κ2) is 14.6.